The number of hydrogen-bond acceptors (Lipinski definition) is 4. The van der Waals surface area contributed by atoms with E-state index >= 15 is 0 Å². The average Bonchev–Trinajstić information content (AvgIpc) is 2.79. The molecule has 32 heavy (non-hydrogen) atoms. The third-order valence-corrected chi connectivity index (χ3v) is 6.99. The lowest BCUT2D eigenvalue weighted by Gasteiger charge is -2.28. The van der Waals surface area contributed by atoms with Crippen LogP contribution in [0.2, 0.25) is 0 Å². The van der Waals surface area contributed by atoms with Gasteiger partial charge >= 0.3 is 0 Å². The number of aryl methyl sites for hydroxylation is 3. The van der Waals surface area contributed by atoms with Gasteiger partial charge < -0.3 is 4.74 Å². The van der Waals surface area contributed by atoms with Gasteiger partial charge in [0.1, 0.15) is 12.4 Å². The average molecular weight is 457 g/mol. The zero-order valence-corrected chi connectivity index (χ0v) is 19.7. The minimum absolute atomic E-state index is 0.0290. The first-order valence-corrected chi connectivity index (χ1v) is 12.0. The lowest BCUT2D eigenvalue weighted by molar-refractivity contribution is 0.306. The Bertz CT molecular complexity index is 1150. The molecule has 3 aromatic rings. The third-order valence-electron chi connectivity index (χ3n) is 5.29. The van der Waals surface area contributed by atoms with Crippen LogP contribution < -0.4 is 9.04 Å². The van der Waals surface area contributed by atoms with Crippen molar-refractivity contribution in [2.75, 3.05) is 17.5 Å². The zero-order chi connectivity index (χ0) is 23.3. The molecule has 0 N–H and O–H groups in total. The molecule has 0 saturated heterocycles. The lowest BCUT2D eigenvalue weighted by Crippen LogP contribution is -2.36. The minimum atomic E-state index is -4.02. The summed E-state index contributed by atoms with van der Waals surface area (Å²) in [6, 6.07) is 16.3. The van der Waals surface area contributed by atoms with Crippen LogP contribution in [-0.4, -0.2) is 26.6 Å². The van der Waals surface area contributed by atoms with E-state index < -0.39 is 22.6 Å². The summed E-state index contributed by atoms with van der Waals surface area (Å²) in [6.07, 6.45) is 1.43. The van der Waals surface area contributed by atoms with Gasteiger partial charge in [-0.1, -0.05) is 42.8 Å². The van der Waals surface area contributed by atoms with Gasteiger partial charge in [-0.3, -0.25) is 8.70 Å². The number of hydrogen-bond donors (Lipinski definition) is 0. The van der Waals surface area contributed by atoms with Crippen LogP contribution in [0.4, 0.5) is 10.1 Å². The second-order valence-electron chi connectivity index (χ2n) is 8.14. The Morgan fingerprint density at radius 1 is 1.03 bits per heavy atom. The van der Waals surface area contributed by atoms with Crippen molar-refractivity contribution < 1.29 is 17.5 Å². The molecular weight excluding hydrogens is 427 g/mol. The van der Waals surface area contributed by atoms with Crippen LogP contribution in [0.25, 0.3) is 0 Å². The molecule has 2 aromatic carbocycles. The van der Waals surface area contributed by atoms with Gasteiger partial charge in [0.05, 0.1) is 12.4 Å². The van der Waals surface area contributed by atoms with Crippen LogP contribution >= 0.6 is 0 Å². The van der Waals surface area contributed by atoms with E-state index in [-0.39, 0.29) is 18.2 Å². The number of nitrogens with zero attached hydrogens (tertiary/aromatic N) is 2. The summed E-state index contributed by atoms with van der Waals surface area (Å²) in [6.45, 7) is 7.16. The van der Waals surface area contributed by atoms with E-state index in [9.17, 15) is 12.8 Å². The molecule has 0 bridgehead atoms. The minimum Gasteiger partial charge on any atom is -0.487 e. The van der Waals surface area contributed by atoms with Gasteiger partial charge in [0.15, 0.2) is 5.03 Å². The summed E-state index contributed by atoms with van der Waals surface area (Å²) in [7, 11) is -4.02. The summed E-state index contributed by atoms with van der Waals surface area (Å²) in [5.74, 6) is -0.0701. The van der Waals surface area contributed by atoms with Gasteiger partial charge in [-0.25, -0.2) is 4.98 Å². The molecule has 0 unspecified atom stereocenters. The second-order valence-corrected chi connectivity index (χ2v) is 9.95. The normalized spacial score (nSPS) is 12.4. The maximum atomic E-state index is 13.5. The fourth-order valence-corrected chi connectivity index (χ4v) is 4.72. The van der Waals surface area contributed by atoms with E-state index in [0.717, 1.165) is 22.3 Å². The van der Waals surface area contributed by atoms with Gasteiger partial charge in [-0.2, -0.15) is 8.42 Å². The number of pyridine rings is 1. The largest absolute Gasteiger partial charge is 0.487 e. The van der Waals surface area contributed by atoms with Crippen molar-refractivity contribution in [3.8, 4) is 5.75 Å². The van der Waals surface area contributed by atoms with Gasteiger partial charge in [0.2, 0.25) is 0 Å². The van der Waals surface area contributed by atoms with Gasteiger partial charge in [0.25, 0.3) is 10.0 Å². The molecule has 0 amide bonds. The van der Waals surface area contributed by atoms with E-state index in [4.69, 9.17) is 4.74 Å². The monoisotopic (exact) mass is 456 g/mol. The Balaban J connectivity index is 2.06. The predicted molar refractivity (Wildman–Crippen MR) is 125 cm³/mol. The van der Waals surface area contributed by atoms with E-state index in [1.807, 2.05) is 51.1 Å². The Morgan fingerprint density at radius 2 is 1.72 bits per heavy atom. The smallest absolute Gasteiger partial charge is 0.281 e. The first-order chi connectivity index (χ1) is 15.2. The summed E-state index contributed by atoms with van der Waals surface area (Å²) in [5, 5.41) is -0.0891. The molecule has 0 radical (unpaired) electrons. The topological polar surface area (TPSA) is 59.5 Å². The van der Waals surface area contributed by atoms with Crippen molar-refractivity contribution in [1.82, 2.24) is 4.98 Å². The van der Waals surface area contributed by atoms with Crippen molar-refractivity contribution in [2.45, 2.75) is 39.3 Å². The van der Waals surface area contributed by atoms with Crippen LogP contribution in [0.3, 0.4) is 0 Å². The van der Waals surface area contributed by atoms with Crippen molar-refractivity contribution in [3.63, 3.8) is 0 Å². The molecule has 0 fully saturated rings. The van der Waals surface area contributed by atoms with Crippen LogP contribution in [0.5, 0.6) is 5.75 Å². The molecular formula is C25H29FN2O3S. The van der Waals surface area contributed by atoms with E-state index in [1.54, 1.807) is 25.1 Å². The number of ether oxygens (including phenoxy) is 1. The molecule has 170 valence electrons. The van der Waals surface area contributed by atoms with Crippen molar-refractivity contribution in [2.24, 2.45) is 5.92 Å². The lowest BCUT2D eigenvalue weighted by atomic mass is 10.1. The SMILES string of the molecule is Cc1ccc(COc2cc(C)c(C)cc2N(C[C@H](C)CF)S(=O)(=O)c2ccccn2)cc1. The van der Waals surface area contributed by atoms with Crippen molar-refractivity contribution in [3.05, 3.63) is 83.0 Å². The molecule has 1 atom stereocenters. The maximum Gasteiger partial charge on any atom is 0.281 e. The van der Waals surface area contributed by atoms with Crippen molar-refractivity contribution >= 4 is 15.7 Å². The highest BCUT2D eigenvalue weighted by molar-refractivity contribution is 7.92. The van der Waals surface area contributed by atoms with Crippen LogP contribution in [-0.2, 0) is 16.6 Å². The number of anilines is 1. The molecule has 0 aliphatic heterocycles. The summed E-state index contributed by atoms with van der Waals surface area (Å²) in [5.41, 5.74) is 4.38. The molecule has 1 heterocycles. The molecule has 0 aliphatic carbocycles. The fourth-order valence-electron chi connectivity index (χ4n) is 3.20. The third kappa shape index (κ3) is 5.46. The summed E-state index contributed by atoms with van der Waals surface area (Å²) in [4.78, 5) is 4.04. The van der Waals surface area contributed by atoms with Gasteiger partial charge in [-0.15, -0.1) is 0 Å². The van der Waals surface area contributed by atoms with E-state index in [0.29, 0.717) is 11.4 Å². The standard InChI is InChI=1S/C25H29FN2O3S/c1-18-8-10-22(11-9-18)17-31-24-14-21(4)20(3)13-23(24)28(16-19(2)15-26)32(29,30)25-7-5-6-12-27-25/h5-14,19H,15-17H2,1-4H3/t19-/m1/s1. The van der Waals surface area contributed by atoms with Crippen molar-refractivity contribution in [1.29, 1.82) is 0 Å². The van der Waals surface area contributed by atoms with E-state index in [2.05, 4.69) is 4.98 Å². The highest BCUT2D eigenvalue weighted by Crippen LogP contribution is 2.36. The Hall–Kier alpha value is -2.93. The molecule has 7 heteroatoms. The highest BCUT2D eigenvalue weighted by Gasteiger charge is 2.30. The summed E-state index contributed by atoms with van der Waals surface area (Å²) >= 11 is 0. The highest BCUT2D eigenvalue weighted by atomic mass is 32.2. The van der Waals surface area contributed by atoms with Crippen LogP contribution in [0.15, 0.2) is 65.8 Å². The molecule has 5 nitrogen and oxygen atoms in total. The number of alkyl halides is 1. The Kier molecular flexibility index (Phi) is 7.51. The predicted octanol–water partition coefficient (Wildman–Crippen LogP) is 5.39. The van der Waals surface area contributed by atoms with Crippen LogP contribution in [0.1, 0.15) is 29.2 Å². The first-order valence-electron chi connectivity index (χ1n) is 10.5. The fraction of sp³-hybridized carbons (Fsp3) is 0.320. The van der Waals surface area contributed by atoms with Gasteiger partial charge in [0, 0.05) is 18.7 Å². The number of benzene rings is 2. The molecule has 0 spiro atoms. The zero-order valence-electron chi connectivity index (χ0n) is 18.9. The number of halogens is 1. The molecule has 3 rings (SSSR count). The molecule has 0 aliphatic rings. The molecule has 1 aromatic heterocycles. The first kappa shape index (κ1) is 23.7. The molecule has 0 saturated carbocycles. The number of rotatable bonds is 9. The second kappa shape index (κ2) is 10.1. The Labute approximate surface area is 189 Å². The van der Waals surface area contributed by atoms with E-state index in [1.165, 1.54) is 16.6 Å². The number of aromatic nitrogens is 1. The quantitative estimate of drug-likeness (QED) is 0.433. The number of sulfonamides is 1. The maximum absolute atomic E-state index is 13.5. The van der Waals surface area contributed by atoms with Gasteiger partial charge in [-0.05, 0) is 61.7 Å². The summed E-state index contributed by atoms with van der Waals surface area (Å²) < 4.78 is 47.8. The van der Waals surface area contributed by atoms with Crippen LogP contribution in [0, 0.1) is 26.7 Å². The Morgan fingerprint density at radius 3 is 2.34 bits per heavy atom.